The zero-order valence-corrected chi connectivity index (χ0v) is 23.0. The van der Waals surface area contributed by atoms with E-state index in [0.29, 0.717) is 24.3 Å². The number of aromatic nitrogens is 2. The van der Waals surface area contributed by atoms with E-state index in [1.165, 1.54) is 31.0 Å². The van der Waals surface area contributed by atoms with Crippen molar-refractivity contribution in [3.05, 3.63) is 83.8 Å². The third kappa shape index (κ3) is 8.09. The highest BCUT2D eigenvalue weighted by atomic mass is 16.6. The average Bonchev–Trinajstić information content (AvgIpc) is 3.00. The number of carbonyl (C=O) groups is 2. The van der Waals surface area contributed by atoms with Crippen LogP contribution in [-0.4, -0.2) is 82.5 Å². The van der Waals surface area contributed by atoms with Crippen molar-refractivity contribution in [1.82, 2.24) is 24.7 Å². The molecule has 2 amide bonds. The van der Waals surface area contributed by atoms with E-state index in [-0.39, 0.29) is 11.8 Å². The third-order valence-corrected chi connectivity index (χ3v) is 7.52. The predicted octanol–water partition coefficient (Wildman–Crippen LogP) is 4.46. The summed E-state index contributed by atoms with van der Waals surface area (Å²) in [6.45, 7) is 7.06. The number of benzene rings is 1. The van der Waals surface area contributed by atoms with Crippen LogP contribution < -0.4 is 10.1 Å². The van der Waals surface area contributed by atoms with Crippen LogP contribution >= 0.6 is 0 Å². The first kappa shape index (κ1) is 27.7. The van der Waals surface area contributed by atoms with Crippen molar-refractivity contribution in [3.8, 4) is 5.88 Å². The minimum atomic E-state index is -0.401. The largest absolute Gasteiger partial charge is 0.416 e. The maximum Gasteiger partial charge on any atom is 0.416 e. The molecular formula is C31H38N6O3. The second-order valence-corrected chi connectivity index (χ2v) is 10.5. The minimum absolute atomic E-state index is 0.200. The highest BCUT2D eigenvalue weighted by Crippen LogP contribution is 2.17. The van der Waals surface area contributed by atoms with E-state index in [0.717, 1.165) is 57.8 Å². The van der Waals surface area contributed by atoms with Gasteiger partial charge in [-0.1, -0.05) is 24.6 Å². The van der Waals surface area contributed by atoms with Crippen LogP contribution in [0.5, 0.6) is 5.88 Å². The van der Waals surface area contributed by atoms with Gasteiger partial charge >= 0.3 is 6.09 Å². The minimum Gasteiger partial charge on any atom is -0.391 e. The number of aryl methyl sites for hydroxylation is 1. The number of nitrogens with zero attached hydrogens (tertiary/aromatic N) is 5. The summed E-state index contributed by atoms with van der Waals surface area (Å²) in [6, 6.07) is 17.1. The molecule has 4 heterocycles. The fraction of sp³-hybridized carbons (Fsp3) is 0.419. The van der Waals surface area contributed by atoms with Crippen LogP contribution in [0, 0.1) is 0 Å². The van der Waals surface area contributed by atoms with Crippen molar-refractivity contribution in [2.75, 3.05) is 51.1 Å². The third-order valence-electron chi connectivity index (χ3n) is 7.52. The maximum absolute atomic E-state index is 12.7. The molecule has 0 saturated carbocycles. The van der Waals surface area contributed by atoms with Gasteiger partial charge in [-0.2, -0.15) is 0 Å². The van der Waals surface area contributed by atoms with Crippen molar-refractivity contribution < 1.29 is 14.3 Å². The first-order valence-corrected chi connectivity index (χ1v) is 14.3. The predicted molar refractivity (Wildman–Crippen MR) is 154 cm³/mol. The summed E-state index contributed by atoms with van der Waals surface area (Å²) >= 11 is 0. The van der Waals surface area contributed by atoms with Crippen LogP contribution in [0.3, 0.4) is 0 Å². The second kappa shape index (κ2) is 14.0. The zero-order valence-electron chi connectivity index (χ0n) is 23.0. The lowest BCUT2D eigenvalue weighted by atomic mass is 10.1. The molecule has 3 aromatic rings. The number of amides is 2. The Labute approximate surface area is 236 Å². The molecule has 0 bridgehead atoms. The molecule has 2 aliphatic rings. The summed E-state index contributed by atoms with van der Waals surface area (Å²) in [7, 11) is 0. The maximum atomic E-state index is 12.7. The Balaban J connectivity index is 1.02. The van der Waals surface area contributed by atoms with Crippen LogP contribution in [0.25, 0.3) is 0 Å². The molecule has 40 heavy (non-hydrogen) atoms. The normalized spacial score (nSPS) is 16.4. The lowest BCUT2D eigenvalue weighted by molar-refractivity contribution is 0.102. The first-order valence-electron chi connectivity index (χ1n) is 14.3. The van der Waals surface area contributed by atoms with Gasteiger partial charge in [0, 0.05) is 56.2 Å². The van der Waals surface area contributed by atoms with Gasteiger partial charge in [0.25, 0.3) is 5.91 Å². The highest BCUT2D eigenvalue weighted by molar-refractivity contribution is 6.04. The summed E-state index contributed by atoms with van der Waals surface area (Å²) < 4.78 is 5.48. The van der Waals surface area contributed by atoms with Crippen LogP contribution in [-0.2, 0) is 13.0 Å². The second-order valence-electron chi connectivity index (χ2n) is 10.5. The molecule has 2 aromatic heterocycles. The van der Waals surface area contributed by atoms with Gasteiger partial charge < -0.3 is 15.0 Å². The standard InChI is InChI=1S/C31H38N6O3/c38-30(26-11-9-25(10-12-26)24-36-16-4-1-5-17-36)34-28-13-14-29(33-23-28)40-31(39)37-21-19-35(20-22-37)18-6-8-27-7-2-3-15-32-27/h2-3,7,9-15,23H,1,4-6,8,16-22,24H2,(H,34,38). The number of anilines is 1. The Bertz CT molecular complexity index is 1220. The Morgan fingerprint density at radius 1 is 0.825 bits per heavy atom. The van der Waals surface area contributed by atoms with Gasteiger partial charge in [-0.05, 0) is 81.2 Å². The first-order chi connectivity index (χ1) is 19.6. The van der Waals surface area contributed by atoms with E-state index in [2.05, 4.69) is 31.2 Å². The molecule has 0 radical (unpaired) electrons. The molecule has 210 valence electrons. The van der Waals surface area contributed by atoms with Crippen LogP contribution in [0.1, 0.15) is 47.3 Å². The number of piperazine rings is 1. The summed E-state index contributed by atoms with van der Waals surface area (Å²) in [5.41, 5.74) is 3.46. The molecule has 0 unspecified atom stereocenters. The van der Waals surface area contributed by atoms with Gasteiger partial charge in [0.1, 0.15) is 0 Å². The Morgan fingerprint density at radius 2 is 1.62 bits per heavy atom. The Hall–Kier alpha value is -3.82. The number of rotatable bonds is 9. The fourth-order valence-corrected chi connectivity index (χ4v) is 5.19. The smallest absolute Gasteiger partial charge is 0.391 e. The summed E-state index contributed by atoms with van der Waals surface area (Å²) in [6.07, 6.45) is 8.77. The number of piperidine rings is 1. The summed E-state index contributed by atoms with van der Waals surface area (Å²) in [5, 5.41) is 2.86. The lowest BCUT2D eigenvalue weighted by Gasteiger charge is -2.33. The zero-order chi connectivity index (χ0) is 27.6. The van der Waals surface area contributed by atoms with Crippen molar-refractivity contribution in [1.29, 1.82) is 0 Å². The van der Waals surface area contributed by atoms with Crippen LogP contribution in [0.2, 0.25) is 0 Å². The highest BCUT2D eigenvalue weighted by Gasteiger charge is 2.23. The van der Waals surface area contributed by atoms with Gasteiger partial charge in [0.15, 0.2) is 0 Å². The van der Waals surface area contributed by atoms with E-state index in [4.69, 9.17) is 4.74 Å². The molecule has 0 atom stereocenters. The molecule has 0 aliphatic carbocycles. The number of nitrogens with one attached hydrogen (secondary N) is 1. The van der Waals surface area contributed by atoms with Gasteiger partial charge in [0.05, 0.1) is 11.9 Å². The monoisotopic (exact) mass is 542 g/mol. The van der Waals surface area contributed by atoms with Crippen molar-refractivity contribution >= 4 is 17.7 Å². The van der Waals surface area contributed by atoms with Crippen molar-refractivity contribution in [3.63, 3.8) is 0 Å². The number of hydrogen-bond acceptors (Lipinski definition) is 7. The molecular weight excluding hydrogens is 504 g/mol. The van der Waals surface area contributed by atoms with E-state index in [1.807, 2.05) is 42.6 Å². The molecule has 2 fully saturated rings. The number of likely N-dealkylation sites (tertiary alicyclic amines) is 1. The van der Waals surface area contributed by atoms with Crippen LogP contribution in [0.15, 0.2) is 67.0 Å². The Morgan fingerprint density at radius 3 is 2.33 bits per heavy atom. The molecule has 2 aliphatic heterocycles. The SMILES string of the molecule is O=C(Nc1ccc(OC(=O)N2CCN(CCCc3ccccn3)CC2)nc1)c1ccc(CN2CCCCC2)cc1. The van der Waals surface area contributed by atoms with E-state index in [9.17, 15) is 9.59 Å². The topological polar surface area (TPSA) is 90.9 Å². The molecule has 9 nitrogen and oxygen atoms in total. The molecule has 1 N–H and O–H groups in total. The van der Waals surface area contributed by atoms with E-state index in [1.54, 1.807) is 17.0 Å². The Kier molecular flexibility index (Phi) is 9.71. The number of pyridine rings is 2. The molecule has 5 rings (SSSR count). The number of carbonyl (C=O) groups excluding carboxylic acids is 2. The van der Waals surface area contributed by atoms with Gasteiger partial charge in [0.2, 0.25) is 5.88 Å². The summed E-state index contributed by atoms with van der Waals surface area (Å²) in [4.78, 5) is 40.5. The van der Waals surface area contributed by atoms with Crippen molar-refractivity contribution in [2.24, 2.45) is 0 Å². The van der Waals surface area contributed by atoms with Gasteiger partial charge in [-0.25, -0.2) is 9.78 Å². The fourth-order valence-electron chi connectivity index (χ4n) is 5.19. The van der Waals surface area contributed by atoms with E-state index < -0.39 is 6.09 Å². The lowest BCUT2D eigenvalue weighted by Crippen LogP contribution is -2.49. The number of hydrogen-bond donors (Lipinski definition) is 1. The molecule has 1 aromatic carbocycles. The van der Waals surface area contributed by atoms with Gasteiger partial charge in [-0.3, -0.25) is 19.6 Å². The summed E-state index contributed by atoms with van der Waals surface area (Å²) in [5.74, 6) is 0.0109. The van der Waals surface area contributed by atoms with Gasteiger partial charge in [-0.15, -0.1) is 0 Å². The van der Waals surface area contributed by atoms with Crippen molar-refractivity contribution in [2.45, 2.75) is 38.6 Å². The quantitative estimate of drug-likeness (QED) is 0.427. The molecule has 9 heteroatoms. The average molecular weight is 543 g/mol. The molecule has 2 saturated heterocycles. The van der Waals surface area contributed by atoms with E-state index >= 15 is 0 Å². The number of ether oxygens (including phenoxy) is 1. The van der Waals surface area contributed by atoms with Crippen LogP contribution in [0.4, 0.5) is 10.5 Å². The molecule has 0 spiro atoms.